The van der Waals surface area contributed by atoms with Crippen LogP contribution < -0.4 is 4.74 Å². The van der Waals surface area contributed by atoms with Crippen LogP contribution in [0.15, 0.2) is 36.4 Å². The van der Waals surface area contributed by atoms with Gasteiger partial charge in [0.05, 0.1) is 12.7 Å². The lowest BCUT2D eigenvalue weighted by molar-refractivity contribution is 0.0697. The molecule has 3 nitrogen and oxygen atoms in total. The zero-order valence-corrected chi connectivity index (χ0v) is 10.6. The highest BCUT2D eigenvalue weighted by Crippen LogP contribution is 2.33. The highest BCUT2D eigenvalue weighted by Gasteiger charge is 2.14. The van der Waals surface area contributed by atoms with Crippen LogP contribution in [0.4, 0.5) is 4.39 Å². The minimum atomic E-state index is -1.09. The minimum Gasteiger partial charge on any atom is -0.496 e. The van der Waals surface area contributed by atoms with Gasteiger partial charge in [-0.05, 0) is 37.3 Å². The van der Waals surface area contributed by atoms with E-state index in [1.165, 1.54) is 19.2 Å². The average molecular weight is 260 g/mol. The van der Waals surface area contributed by atoms with Gasteiger partial charge < -0.3 is 9.84 Å². The first-order valence-corrected chi connectivity index (χ1v) is 5.71. The number of carboxylic acid groups (broad SMARTS) is 1. The van der Waals surface area contributed by atoms with Crippen LogP contribution in [-0.4, -0.2) is 18.2 Å². The van der Waals surface area contributed by atoms with Gasteiger partial charge in [0.1, 0.15) is 11.6 Å². The molecular weight excluding hydrogens is 247 g/mol. The van der Waals surface area contributed by atoms with E-state index in [0.717, 1.165) is 11.6 Å². The Morgan fingerprint density at radius 2 is 1.89 bits per heavy atom. The highest BCUT2D eigenvalue weighted by molar-refractivity contribution is 5.90. The molecule has 0 fully saturated rings. The van der Waals surface area contributed by atoms with Crippen molar-refractivity contribution in [2.24, 2.45) is 0 Å². The predicted molar refractivity (Wildman–Crippen MR) is 70.1 cm³/mol. The Kier molecular flexibility index (Phi) is 3.51. The number of aromatic carboxylic acids is 1. The lowest BCUT2D eigenvalue weighted by Gasteiger charge is -2.11. The molecule has 2 aromatic carbocycles. The van der Waals surface area contributed by atoms with E-state index in [1.54, 1.807) is 12.1 Å². The molecule has 19 heavy (non-hydrogen) atoms. The van der Waals surface area contributed by atoms with Gasteiger partial charge in [-0.2, -0.15) is 0 Å². The fraction of sp³-hybridized carbons (Fsp3) is 0.133. The van der Waals surface area contributed by atoms with Gasteiger partial charge in [0.15, 0.2) is 0 Å². The Balaban J connectivity index is 2.67. The van der Waals surface area contributed by atoms with E-state index in [1.807, 2.05) is 13.0 Å². The smallest absolute Gasteiger partial charge is 0.335 e. The summed E-state index contributed by atoms with van der Waals surface area (Å²) in [4.78, 5) is 11.0. The molecule has 0 aromatic heterocycles. The third-order valence-electron chi connectivity index (χ3n) is 2.86. The normalized spacial score (nSPS) is 10.3. The highest BCUT2D eigenvalue weighted by atomic mass is 19.1. The summed E-state index contributed by atoms with van der Waals surface area (Å²) in [6.45, 7) is 1.88. The Morgan fingerprint density at radius 3 is 2.53 bits per heavy atom. The van der Waals surface area contributed by atoms with Crippen LogP contribution >= 0.6 is 0 Å². The number of benzene rings is 2. The second-order valence-corrected chi connectivity index (χ2v) is 4.20. The van der Waals surface area contributed by atoms with E-state index in [0.29, 0.717) is 11.3 Å². The quantitative estimate of drug-likeness (QED) is 0.918. The topological polar surface area (TPSA) is 46.5 Å². The van der Waals surface area contributed by atoms with Crippen molar-refractivity contribution in [3.05, 3.63) is 53.3 Å². The summed E-state index contributed by atoms with van der Waals surface area (Å²) in [5.41, 5.74) is 1.75. The molecule has 0 unspecified atom stereocenters. The first-order valence-electron chi connectivity index (χ1n) is 5.71. The Morgan fingerprint density at radius 1 is 1.16 bits per heavy atom. The number of rotatable bonds is 3. The second-order valence-electron chi connectivity index (χ2n) is 4.20. The van der Waals surface area contributed by atoms with Crippen LogP contribution in [0.2, 0.25) is 0 Å². The van der Waals surface area contributed by atoms with E-state index in [-0.39, 0.29) is 11.1 Å². The molecule has 0 spiro atoms. The summed E-state index contributed by atoms with van der Waals surface area (Å²) < 4.78 is 19.1. The Hall–Kier alpha value is -2.36. The van der Waals surface area contributed by atoms with Crippen molar-refractivity contribution in [1.82, 2.24) is 0 Å². The molecular formula is C15H13FO3. The monoisotopic (exact) mass is 260 g/mol. The Bertz CT molecular complexity index is 635. The zero-order chi connectivity index (χ0) is 14.0. The fourth-order valence-electron chi connectivity index (χ4n) is 1.90. The number of carboxylic acids is 1. The molecule has 0 radical (unpaired) electrons. The SMILES string of the molecule is COc1ccc(C)cc1-c1cc(C(=O)O)ccc1F. The summed E-state index contributed by atoms with van der Waals surface area (Å²) in [7, 11) is 1.49. The molecule has 2 rings (SSSR count). The maximum absolute atomic E-state index is 13.9. The fourth-order valence-corrected chi connectivity index (χ4v) is 1.90. The molecule has 0 aliphatic carbocycles. The number of carbonyl (C=O) groups is 1. The zero-order valence-electron chi connectivity index (χ0n) is 10.6. The van der Waals surface area contributed by atoms with Gasteiger partial charge in [0.25, 0.3) is 0 Å². The van der Waals surface area contributed by atoms with Gasteiger partial charge in [-0.25, -0.2) is 9.18 Å². The van der Waals surface area contributed by atoms with Crippen molar-refractivity contribution in [2.75, 3.05) is 7.11 Å². The Labute approximate surface area is 110 Å². The van der Waals surface area contributed by atoms with Crippen LogP contribution in [-0.2, 0) is 0 Å². The van der Waals surface area contributed by atoms with E-state index in [2.05, 4.69) is 0 Å². The molecule has 98 valence electrons. The molecule has 0 saturated heterocycles. The molecule has 0 saturated carbocycles. The van der Waals surface area contributed by atoms with Gasteiger partial charge >= 0.3 is 5.97 Å². The second kappa shape index (κ2) is 5.10. The van der Waals surface area contributed by atoms with Gasteiger partial charge in [0.2, 0.25) is 0 Å². The van der Waals surface area contributed by atoms with E-state index in [9.17, 15) is 9.18 Å². The number of halogens is 1. The van der Waals surface area contributed by atoms with Gasteiger partial charge in [-0.1, -0.05) is 11.6 Å². The van der Waals surface area contributed by atoms with Crippen LogP contribution in [0.5, 0.6) is 5.75 Å². The van der Waals surface area contributed by atoms with Crippen molar-refractivity contribution in [3.63, 3.8) is 0 Å². The van der Waals surface area contributed by atoms with Crippen molar-refractivity contribution >= 4 is 5.97 Å². The van der Waals surface area contributed by atoms with Crippen LogP contribution in [0.1, 0.15) is 15.9 Å². The molecule has 4 heteroatoms. The molecule has 0 atom stereocenters. The maximum Gasteiger partial charge on any atom is 0.335 e. The van der Waals surface area contributed by atoms with Gasteiger partial charge in [-0.3, -0.25) is 0 Å². The standard InChI is InChI=1S/C15H13FO3/c1-9-3-6-14(19-2)12(7-9)11-8-10(15(17)18)4-5-13(11)16/h3-8H,1-2H3,(H,17,18). The number of hydrogen-bond acceptors (Lipinski definition) is 2. The van der Waals surface area contributed by atoms with Gasteiger partial charge in [-0.15, -0.1) is 0 Å². The lowest BCUT2D eigenvalue weighted by Crippen LogP contribution is -1.98. The predicted octanol–water partition coefficient (Wildman–Crippen LogP) is 3.51. The molecule has 0 aliphatic rings. The number of methoxy groups -OCH3 is 1. The van der Waals surface area contributed by atoms with Crippen LogP contribution in [0.3, 0.4) is 0 Å². The van der Waals surface area contributed by atoms with Crippen LogP contribution in [0.25, 0.3) is 11.1 Å². The molecule has 2 aromatic rings. The summed E-state index contributed by atoms with van der Waals surface area (Å²) >= 11 is 0. The van der Waals surface area contributed by atoms with Crippen molar-refractivity contribution in [1.29, 1.82) is 0 Å². The molecule has 0 aliphatic heterocycles. The number of aryl methyl sites for hydroxylation is 1. The maximum atomic E-state index is 13.9. The molecule has 0 bridgehead atoms. The molecule has 0 amide bonds. The van der Waals surface area contributed by atoms with Crippen molar-refractivity contribution in [2.45, 2.75) is 6.92 Å². The number of ether oxygens (including phenoxy) is 1. The summed E-state index contributed by atoms with van der Waals surface area (Å²) in [6.07, 6.45) is 0. The van der Waals surface area contributed by atoms with E-state index < -0.39 is 11.8 Å². The van der Waals surface area contributed by atoms with Gasteiger partial charge in [0, 0.05) is 11.1 Å². The third kappa shape index (κ3) is 2.57. The summed E-state index contributed by atoms with van der Waals surface area (Å²) in [5.74, 6) is -1.06. The van der Waals surface area contributed by atoms with E-state index in [4.69, 9.17) is 9.84 Å². The third-order valence-corrected chi connectivity index (χ3v) is 2.86. The average Bonchev–Trinajstić information content (AvgIpc) is 2.39. The lowest BCUT2D eigenvalue weighted by atomic mass is 9.99. The summed E-state index contributed by atoms with van der Waals surface area (Å²) in [5, 5.41) is 8.97. The molecule has 0 heterocycles. The summed E-state index contributed by atoms with van der Waals surface area (Å²) in [6, 6.07) is 9.06. The van der Waals surface area contributed by atoms with Crippen molar-refractivity contribution in [3.8, 4) is 16.9 Å². The first-order chi connectivity index (χ1) is 9.02. The van der Waals surface area contributed by atoms with E-state index >= 15 is 0 Å². The van der Waals surface area contributed by atoms with Crippen molar-refractivity contribution < 1.29 is 19.0 Å². The minimum absolute atomic E-state index is 0.0416. The largest absolute Gasteiger partial charge is 0.496 e. The van der Waals surface area contributed by atoms with Crippen LogP contribution in [0, 0.1) is 12.7 Å². The first kappa shape index (κ1) is 13.1. The number of hydrogen-bond donors (Lipinski definition) is 1. The molecule has 1 N–H and O–H groups in total.